The molecule has 3 rings (SSSR count). The van der Waals surface area contributed by atoms with Gasteiger partial charge >= 0.3 is 6.01 Å². The Balaban J connectivity index is 1.85. The first-order valence-electron chi connectivity index (χ1n) is 7.50. The van der Waals surface area contributed by atoms with Crippen molar-refractivity contribution in [3.8, 4) is 28.8 Å². The lowest BCUT2D eigenvalue weighted by Crippen LogP contribution is -2.13. The van der Waals surface area contributed by atoms with Gasteiger partial charge in [-0.2, -0.15) is 5.10 Å². The molecule has 0 atom stereocenters. The van der Waals surface area contributed by atoms with Gasteiger partial charge in [0.15, 0.2) is 11.5 Å². The number of hydrogen-bond acceptors (Lipinski definition) is 8. The molecule has 0 aliphatic rings. The molecule has 0 radical (unpaired) electrons. The van der Waals surface area contributed by atoms with Crippen molar-refractivity contribution in [2.24, 2.45) is 7.05 Å². The number of anilines is 1. The average Bonchev–Trinajstić information content (AvgIpc) is 3.28. The Morgan fingerprint density at radius 3 is 2.35 bits per heavy atom. The van der Waals surface area contributed by atoms with Crippen molar-refractivity contribution in [3.63, 3.8) is 0 Å². The number of ether oxygens (including phenoxy) is 3. The third kappa shape index (κ3) is 3.16. The number of amides is 1. The molecular formula is C16H17N5O5. The Bertz CT molecular complexity index is 908. The van der Waals surface area contributed by atoms with E-state index < -0.39 is 5.91 Å². The zero-order chi connectivity index (χ0) is 18.7. The normalized spacial score (nSPS) is 10.5. The highest BCUT2D eigenvalue weighted by molar-refractivity contribution is 6.04. The number of nitrogens with zero attached hydrogens (tertiary/aromatic N) is 4. The van der Waals surface area contributed by atoms with Gasteiger partial charge in [-0.25, -0.2) is 0 Å². The first-order chi connectivity index (χ1) is 12.6. The number of aryl methyl sites for hydroxylation is 1. The monoisotopic (exact) mass is 359 g/mol. The van der Waals surface area contributed by atoms with Gasteiger partial charge in [0, 0.05) is 18.8 Å². The highest BCUT2D eigenvalue weighted by atomic mass is 16.5. The number of carbonyl (C=O) groups excluding carboxylic acids is 1. The maximum atomic E-state index is 12.5. The smallest absolute Gasteiger partial charge is 0.322 e. The standard InChI is InChI=1S/C16H17N5O5/c1-21-10(5-6-17-21)15-19-20-16(26-15)18-14(22)9-7-11(23-2)13(25-4)12(8-9)24-3/h5-8H,1-4H3,(H,18,20,22). The summed E-state index contributed by atoms with van der Waals surface area (Å²) in [4.78, 5) is 12.5. The second kappa shape index (κ2) is 7.13. The lowest BCUT2D eigenvalue weighted by Gasteiger charge is -2.13. The summed E-state index contributed by atoms with van der Waals surface area (Å²) in [6.45, 7) is 0. The SMILES string of the molecule is COc1cc(C(=O)Nc2nnc(-c3ccnn3C)o2)cc(OC)c1OC. The molecule has 0 aliphatic heterocycles. The molecule has 0 saturated heterocycles. The van der Waals surface area contributed by atoms with Crippen molar-refractivity contribution >= 4 is 11.9 Å². The average molecular weight is 359 g/mol. The first-order valence-corrected chi connectivity index (χ1v) is 7.50. The lowest BCUT2D eigenvalue weighted by atomic mass is 10.1. The molecule has 0 aliphatic carbocycles. The van der Waals surface area contributed by atoms with Gasteiger partial charge in [0.05, 0.1) is 21.3 Å². The van der Waals surface area contributed by atoms with E-state index >= 15 is 0 Å². The maximum Gasteiger partial charge on any atom is 0.322 e. The first kappa shape index (κ1) is 17.3. The molecule has 2 aromatic heterocycles. The van der Waals surface area contributed by atoms with Gasteiger partial charge in [-0.15, -0.1) is 5.10 Å². The van der Waals surface area contributed by atoms with Crippen LogP contribution < -0.4 is 19.5 Å². The number of hydrogen-bond donors (Lipinski definition) is 1. The van der Waals surface area contributed by atoms with Crippen LogP contribution in [0.15, 0.2) is 28.8 Å². The third-order valence-electron chi connectivity index (χ3n) is 3.61. The molecule has 0 bridgehead atoms. The van der Waals surface area contributed by atoms with Crippen LogP contribution in [0, 0.1) is 0 Å². The number of rotatable bonds is 6. The summed E-state index contributed by atoms with van der Waals surface area (Å²) in [6, 6.07) is 4.72. The Labute approximate surface area is 148 Å². The molecule has 3 aromatic rings. The van der Waals surface area contributed by atoms with E-state index in [-0.39, 0.29) is 17.5 Å². The van der Waals surface area contributed by atoms with Crippen LogP contribution in [0.25, 0.3) is 11.6 Å². The Morgan fingerprint density at radius 1 is 1.12 bits per heavy atom. The summed E-state index contributed by atoms with van der Waals surface area (Å²) >= 11 is 0. The van der Waals surface area contributed by atoms with Gasteiger partial charge in [0.2, 0.25) is 5.75 Å². The highest BCUT2D eigenvalue weighted by Gasteiger charge is 2.19. The molecule has 1 N–H and O–H groups in total. The molecule has 10 heteroatoms. The van der Waals surface area contributed by atoms with E-state index in [9.17, 15) is 4.79 Å². The molecule has 1 aromatic carbocycles. The Kier molecular flexibility index (Phi) is 4.74. The molecule has 1 amide bonds. The highest BCUT2D eigenvalue weighted by Crippen LogP contribution is 2.38. The second-order valence-corrected chi connectivity index (χ2v) is 5.12. The summed E-state index contributed by atoms with van der Waals surface area (Å²) in [7, 11) is 6.17. The van der Waals surface area contributed by atoms with Crippen LogP contribution in [0.3, 0.4) is 0 Å². The van der Waals surface area contributed by atoms with E-state index in [1.807, 2.05) is 0 Å². The van der Waals surface area contributed by atoms with Crippen LogP contribution >= 0.6 is 0 Å². The molecule has 2 heterocycles. The molecule has 0 spiro atoms. The van der Waals surface area contributed by atoms with Crippen LogP contribution in [0.1, 0.15) is 10.4 Å². The summed E-state index contributed by atoms with van der Waals surface area (Å²) in [5, 5.41) is 14.3. The lowest BCUT2D eigenvalue weighted by molar-refractivity contribution is 0.102. The summed E-state index contributed by atoms with van der Waals surface area (Å²) in [5.74, 6) is 0.883. The van der Waals surface area contributed by atoms with Gasteiger partial charge in [-0.3, -0.25) is 14.8 Å². The minimum Gasteiger partial charge on any atom is -0.493 e. The summed E-state index contributed by atoms with van der Waals surface area (Å²) in [5.41, 5.74) is 0.908. The fourth-order valence-electron chi connectivity index (χ4n) is 2.34. The van der Waals surface area contributed by atoms with Crippen LogP contribution in [-0.2, 0) is 7.05 Å². The number of aromatic nitrogens is 4. The molecule has 0 unspecified atom stereocenters. The summed E-state index contributed by atoms with van der Waals surface area (Å²) < 4.78 is 22.8. The van der Waals surface area contributed by atoms with Gasteiger partial charge in [0.25, 0.3) is 11.8 Å². The molecule has 136 valence electrons. The van der Waals surface area contributed by atoms with Crippen LogP contribution in [0.5, 0.6) is 17.2 Å². The molecular weight excluding hydrogens is 342 g/mol. The Hall–Kier alpha value is -3.56. The summed E-state index contributed by atoms with van der Waals surface area (Å²) in [6.07, 6.45) is 1.60. The third-order valence-corrected chi connectivity index (χ3v) is 3.61. The predicted molar refractivity (Wildman–Crippen MR) is 90.6 cm³/mol. The van der Waals surface area contributed by atoms with Crippen molar-refractivity contribution in [1.29, 1.82) is 0 Å². The van der Waals surface area contributed by atoms with Crippen molar-refractivity contribution in [2.75, 3.05) is 26.6 Å². The zero-order valence-electron chi connectivity index (χ0n) is 14.6. The fourth-order valence-corrected chi connectivity index (χ4v) is 2.34. The van der Waals surface area contributed by atoms with Gasteiger partial charge in [-0.05, 0) is 18.2 Å². The molecule has 10 nitrogen and oxygen atoms in total. The maximum absolute atomic E-state index is 12.5. The molecule has 0 saturated carbocycles. The fraction of sp³-hybridized carbons (Fsp3) is 0.250. The van der Waals surface area contributed by atoms with Crippen molar-refractivity contribution < 1.29 is 23.4 Å². The molecule has 0 fully saturated rings. The number of methoxy groups -OCH3 is 3. The quantitative estimate of drug-likeness (QED) is 0.708. The van der Waals surface area contributed by atoms with E-state index in [0.717, 1.165) is 0 Å². The van der Waals surface area contributed by atoms with Crippen molar-refractivity contribution in [3.05, 3.63) is 30.0 Å². The van der Waals surface area contributed by atoms with E-state index in [1.165, 1.54) is 33.5 Å². The zero-order valence-corrected chi connectivity index (χ0v) is 14.6. The topological polar surface area (TPSA) is 114 Å². The second-order valence-electron chi connectivity index (χ2n) is 5.12. The predicted octanol–water partition coefficient (Wildman–Crippen LogP) is 1.75. The van der Waals surface area contributed by atoms with Crippen LogP contribution in [0.4, 0.5) is 6.01 Å². The van der Waals surface area contributed by atoms with Crippen LogP contribution in [-0.4, -0.2) is 47.2 Å². The van der Waals surface area contributed by atoms with Crippen molar-refractivity contribution in [1.82, 2.24) is 20.0 Å². The molecule has 26 heavy (non-hydrogen) atoms. The number of benzene rings is 1. The Morgan fingerprint density at radius 2 is 1.81 bits per heavy atom. The van der Waals surface area contributed by atoms with E-state index in [0.29, 0.717) is 22.9 Å². The van der Waals surface area contributed by atoms with E-state index in [4.69, 9.17) is 18.6 Å². The van der Waals surface area contributed by atoms with Gasteiger partial charge in [0.1, 0.15) is 5.69 Å². The number of nitrogens with one attached hydrogen (secondary N) is 1. The van der Waals surface area contributed by atoms with Gasteiger partial charge in [-0.1, -0.05) is 5.10 Å². The van der Waals surface area contributed by atoms with Crippen molar-refractivity contribution in [2.45, 2.75) is 0 Å². The largest absolute Gasteiger partial charge is 0.493 e. The van der Waals surface area contributed by atoms with E-state index in [2.05, 4.69) is 20.6 Å². The number of carbonyl (C=O) groups is 1. The van der Waals surface area contributed by atoms with Gasteiger partial charge < -0.3 is 18.6 Å². The van der Waals surface area contributed by atoms with E-state index in [1.54, 1.807) is 24.0 Å². The van der Waals surface area contributed by atoms with Crippen LogP contribution in [0.2, 0.25) is 0 Å². The minimum absolute atomic E-state index is 0.0417. The minimum atomic E-state index is -0.468.